The minimum absolute atomic E-state index is 0.233. The summed E-state index contributed by atoms with van der Waals surface area (Å²) in [6.45, 7) is 0. The summed E-state index contributed by atoms with van der Waals surface area (Å²) in [6.07, 6.45) is 3.83. The number of thioether (sulfide) groups is 2. The SMILES string of the molecule is COc1ccccc1/C=C1\SC(=S)N([C@H](CCSC)C(=O)[O-])C1=O. The Morgan fingerprint density at radius 3 is 2.83 bits per heavy atom. The van der Waals surface area contributed by atoms with Crippen LogP contribution < -0.4 is 9.84 Å². The smallest absolute Gasteiger partial charge is 0.266 e. The molecule has 0 bridgehead atoms. The molecule has 0 saturated carbocycles. The number of amides is 1. The molecule has 1 fully saturated rings. The summed E-state index contributed by atoms with van der Waals surface area (Å²) in [4.78, 5) is 25.6. The van der Waals surface area contributed by atoms with Crippen molar-refractivity contribution < 1.29 is 19.4 Å². The molecule has 1 amide bonds. The third kappa shape index (κ3) is 4.12. The van der Waals surface area contributed by atoms with Gasteiger partial charge in [-0.15, -0.1) is 0 Å². The number of ether oxygens (including phenoxy) is 1. The Morgan fingerprint density at radius 2 is 2.21 bits per heavy atom. The molecule has 0 spiro atoms. The van der Waals surface area contributed by atoms with Crippen LogP contribution in [0.1, 0.15) is 12.0 Å². The van der Waals surface area contributed by atoms with Crippen molar-refractivity contribution >= 4 is 58.0 Å². The Labute approximate surface area is 154 Å². The van der Waals surface area contributed by atoms with Gasteiger partial charge >= 0.3 is 0 Å². The van der Waals surface area contributed by atoms with Crippen molar-refractivity contribution in [1.82, 2.24) is 4.90 Å². The van der Waals surface area contributed by atoms with Crippen molar-refractivity contribution in [3.63, 3.8) is 0 Å². The highest BCUT2D eigenvalue weighted by molar-refractivity contribution is 8.26. The second-order valence-electron chi connectivity index (χ2n) is 4.91. The van der Waals surface area contributed by atoms with Gasteiger partial charge in [0.05, 0.1) is 24.0 Å². The lowest BCUT2D eigenvalue weighted by Crippen LogP contribution is -2.50. The lowest BCUT2D eigenvalue weighted by atomic mass is 10.1. The van der Waals surface area contributed by atoms with Gasteiger partial charge in [0.15, 0.2) is 0 Å². The lowest BCUT2D eigenvalue weighted by Gasteiger charge is -2.27. The number of rotatable bonds is 7. The van der Waals surface area contributed by atoms with Crippen LogP contribution in [0.3, 0.4) is 0 Å². The predicted octanol–water partition coefficient (Wildman–Crippen LogP) is 1.77. The van der Waals surface area contributed by atoms with Crippen LogP contribution in [0.2, 0.25) is 0 Å². The first-order valence-corrected chi connectivity index (χ1v) is 9.71. The standard InChI is InChI=1S/C16H17NO4S3/c1-21-12-6-4-3-5-10(12)9-13-14(18)17(16(22)24-13)11(15(19)20)7-8-23-2/h3-6,9,11H,7-8H2,1-2H3,(H,19,20)/p-1/b13-9-/t11-/m1/s1. The van der Waals surface area contributed by atoms with Crippen LogP contribution >= 0.6 is 35.7 Å². The minimum Gasteiger partial charge on any atom is -0.548 e. The normalized spacial score (nSPS) is 17.4. The van der Waals surface area contributed by atoms with E-state index in [0.717, 1.165) is 22.2 Å². The molecule has 2 rings (SSSR count). The van der Waals surface area contributed by atoms with E-state index in [9.17, 15) is 14.7 Å². The van der Waals surface area contributed by atoms with Gasteiger partial charge in [-0.3, -0.25) is 9.69 Å². The molecule has 0 radical (unpaired) electrons. The largest absolute Gasteiger partial charge is 0.548 e. The quantitative estimate of drug-likeness (QED) is 0.526. The van der Waals surface area contributed by atoms with Crippen molar-refractivity contribution in [3.8, 4) is 5.75 Å². The Balaban J connectivity index is 2.30. The van der Waals surface area contributed by atoms with Crippen LogP contribution in [0, 0.1) is 0 Å². The first-order chi connectivity index (χ1) is 11.5. The van der Waals surface area contributed by atoms with Crippen LogP contribution in [-0.4, -0.2) is 46.3 Å². The van der Waals surface area contributed by atoms with Crippen LogP contribution in [0.4, 0.5) is 0 Å². The number of thiocarbonyl (C=S) groups is 1. The van der Waals surface area contributed by atoms with Crippen molar-refractivity contribution in [2.24, 2.45) is 0 Å². The van der Waals surface area contributed by atoms with E-state index in [4.69, 9.17) is 17.0 Å². The fourth-order valence-electron chi connectivity index (χ4n) is 2.26. The van der Waals surface area contributed by atoms with Crippen LogP contribution in [0.25, 0.3) is 6.08 Å². The number of nitrogens with zero attached hydrogens (tertiary/aromatic N) is 1. The Hall–Kier alpha value is -1.51. The first kappa shape index (κ1) is 18.8. The molecule has 1 aromatic rings. The van der Waals surface area contributed by atoms with Crippen molar-refractivity contribution in [2.75, 3.05) is 19.1 Å². The maximum atomic E-state index is 12.6. The Kier molecular flexibility index (Phi) is 6.70. The summed E-state index contributed by atoms with van der Waals surface area (Å²) in [7, 11) is 1.55. The molecule has 1 aliphatic heterocycles. The summed E-state index contributed by atoms with van der Waals surface area (Å²) in [5.41, 5.74) is 0.731. The number of carboxylic acids is 1. The fraction of sp³-hybridized carbons (Fsp3) is 0.312. The van der Waals surface area contributed by atoms with Gasteiger partial charge in [0, 0.05) is 5.56 Å². The third-order valence-electron chi connectivity index (χ3n) is 3.43. The molecule has 1 aliphatic rings. The van der Waals surface area contributed by atoms with E-state index < -0.39 is 17.9 Å². The number of hydrogen-bond acceptors (Lipinski definition) is 7. The van der Waals surface area contributed by atoms with E-state index in [-0.39, 0.29) is 10.7 Å². The average Bonchev–Trinajstić information content (AvgIpc) is 2.83. The van der Waals surface area contributed by atoms with E-state index in [2.05, 4.69) is 0 Å². The summed E-state index contributed by atoms with van der Waals surface area (Å²) >= 11 is 7.81. The van der Waals surface area contributed by atoms with Gasteiger partial charge < -0.3 is 14.6 Å². The summed E-state index contributed by atoms with van der Waals surface area (Å²) in [5.74, 6) is -0.479. The topological polar surface area (TPSA) is 69.7 Å². The van der Waals surface area contributed by atoms with E-state index in [1.807, 2.05) is 24.5 Å². The van der Waals surface area contributed by atoms with Gasteiger partial charge in [0.2, 0.25) is 0 Å². The van der Waals surface area contributed by atoms with Gasteiger partial charge in [-0.25, -0.2) is 0 Å². The highest BCUT2D eigenvalue weighted by Gasteiger charge is 2.37. The molecule has 1 heterocycles. The summed E-state index contributed by atoms with van der Waals surface area (Å²) < 4.78 is 5.50. The van der Waals surface area contributed by atoms with E-state index in [1.54, 1.807) is 19.3 Å². The summed E-state index contributed by atoms with van der Waals surface area (Å²) in [6, 6.07) is 6.21. The molecular weight excluding hydrogens is 366 g/mol. The number of para-hydroxylation sites is 1. The highest BCUT2D eigenvalue weighted by Crippen LogP contribution is 2.36. The van der Waals surface area contributed by atoms with Crippen LogP contribution in [0.5, 0.6) is 5.75 Å². The number of carboxylic acid groups (broad SMARTS) is 1. The fourth-order valence-corrected chi connectivity index (χ4v) is 4.06. The number of carbonyl (C=O) groups is 2. The first-order valence-electron chi connectivity index (χ1n) is 7.09. The van der Waals surface area contributed by atoms with E-state index in [0.29, 0.717) is 16.4 Å². The average molecular weight is 383 g/mol. The zero-order valence-electron chi connectivity index (χ0n) is 13.2. The number of benzene rings is 1. The predicted molar refractivity (Wildman–Crippen MR) is 99.8 cm³/mol. The van der Waals surface area contributed by atoms with Gasteiger partial charge in [-0.2, -0.15) is 11.8 Å². The van der Waals surface area contributed by atoms with Crippen molar-refractivity contribution in [1.29, 1.82) is 0 Å². The highest BCUT2D eigenvalue weighted by atomic mass is 32.2. The van der Waals surface area contributed by atoms with Gasteiger partial charge in [0.25, 0.3) is 5.91 Å². The second kappa shape index (κ2) is 8.55. The number of carbonyl (C=O) groups excluding carboxylic acids is 2. The van der Waals surface area contributed by atoms with Crippen molar-refractivity contribution in [3.05, 3.63) is 34.7 Å². The maximum Gasteiger partial charge on any atom is 0.266 e. The number of hydrogen-bond donors (Lipinski definition) is 0. The molecule has 5 nitrogen and oxygen atoms in total. The van der Waals surface area contributed by atoms with Crippen LogP contribution in [0.15, 0.2) is 29.2 Å². The van der Waals surface area contributed by atoms with Crippen molar-refractivity contribution in [2.45, 2.75) is 12.5 Å². The minimum atomic E-state index is -1.29. The monoisotopic (exact) mass is 382 g/mol. The molecule has 0 aliphatic carbocycles. The molecule has 0 aromatic heterocycles. The zero-order valence-corrected chi connectivity index (χ0v) is 15.6. The van der Waals surface area contributed by atoms with Crippen LogP contribution in [-0.2, 0) is 9.59 Å². The van der Waals surface area contributed by atoms with Gasteiger partial charge in [-0.1, -0.05) is 42.2 Å². The molecule has 1 aromatic carbocycles. The molecule has 8 heteroatoms. The third-order valence-corrected chi connectivity index (χ3v) is 5.40. The molecule has 1 atom stereocenters. The van der Waals surface area contributed by atoms with E-state index >= 15 is 0 Å². The maximum absolute atomic E-state index is 12.6. The molecular formula is C16H16NO4S3-. The van der Waals surface area contributed by atoms with Gasteiger partial charge in [0.1, 0.15) is 10.1 Å². The van der Waals surface area contributed by atoms with Gasteiger partial charge in [-0.05, 0) is 30.6 Å². The number of aliphatic carboxylic acids is 1. The Bertz CT molecular complexity index is 690. The molecule has 128 valence electrons. The molecule has 24 heavy (non-hydrogen) atoms. The summed E-state index contributed by atoms with van der Waals surface area (Å²) in [5, 5.41) is 11.4. The molecule has 1 saturated heterocycles. The van der Waals surface area contributed by atoms with E-state index in [1.165, 1.54) is 11.8 Å². The Morgan fingerprint density at radius 1 is 1.50 bits per heavy atom. The second-order valence-corrected chi connectivity index (χ2v) is 7.57. The molecule has 0 N–H and O–H groups in total. The number of methoxy groups -OCH3 is 1. The lowest BCUT2D eigenvalue weighted by molar-refractivity contribution is -0.310. The zero-order chi connectivity index (χ0) is 17.7. The molecule has 0 unspecified atom stereocenters.